The van der Waals surface area contributed by atoms with Gasteiger partial charge in [0.15, 0.2) is 0 Å². The molecule has 0 aromatic carbocycles. The number of hydrogen-bond donors (Lipinski definition) is 2. The summed E-state index contributed by atoms with van der Waals surface area (Å²) < 4.78 is 11.1. The zero-order valence-corrected chi connectivity index (χ0v) is 10.7. The normalized spacial score (nSPS) is 18.8. The van der Waals surface area contributed by atoms with Crippen LogP contribution in [-0.2, 0) is 15.6 Å². The van der Waals surface area contributed by atoms with E-state index in [0.717, 1.165) is 0 Å². The molecule has 0 aliphatic carbocycles. The lowest BCUT2D eigenvalue weighted by atomic mass is 10.2. The second-order valence-corrected chi connectivity index (χ2v) is 5.66. The van der Waals surface area contributed by atoms with Crippen LogP contribution >= 0.6 is 0 Å². The number of hydrogen-bond acceptors (Lipinski definition) is 3. The molecule has 1 heterocycles. The summed E-state index contributed by atoms with van der Waals surface area (Å²) in [5.74, 6) is -0.0708. The second kappa shape index (κ2) is 6.58. The van der Waals surface area contributed by atoms with E-state index in [2.05, 4.69) is 5.32 Å². The van der Waals surface area contributed by atoms with E-state index >= 15 is 0 Å². The molecule has 6 nitrogen and oxygen atoms in total. The third kappa shape index (κ3) is 4.33. The molecule has 0 aromatic heterocycles. The number of carboxylic acid groups (broad SMARTS) is 1. The quantitative estimate of drug-likeness (QED) is 0.747. The Morgan fingerprint density at radius 2 is 2.00 bits per heavy atom. The minimum atomic E-state index is -1.01. The number of nitrogens with one attached hydrogen (secondary N) is 1. The molecule has 2 amide bonds. The van der Waals surface area contributed by atoms with Gasteiger partial charge in [-0.1, -0.05) is 13.3 Å². The monoisotopic (exact) mass is 262 g/mol. The standard InChI is InChI=1S/C10H18N2O4S/c1-2-3-8(9(13)14)11-10(15)12-4-6-17(16)7-5-12/h8H,2-7H2,1H3,(H,11,15)(H,13,14). The van der Waals surface area contributed by atoms with Crippen molar-refractivity contribution in [3.05, 3.63) is 0 Å². The summed E-state index contributed by atoms with van der Waals surface area (Å²) >= 11 is 0. The van der Waals surface area contributed by atoms with Gasteiger partial charge >= 0.3 is 12.0 Å². The van der Waals surface area contributed by atoms with Crippen molar-refractivity contribution in [3.8, 4) is 0 Å². The molecule has 1 atom stereocenters. The number of rotatable bonds is 4. The Bertz CT molecular complexity index is 311. The summed E-state index contributed by atoms with van der Waals surface area (Å²) in [7, 11) is -0.840. The van der Waals surface area contributed by atoms with E-state index in [1.165, 1.54) is 4.90 Å². The van der Waals surface area contributed by atoms with Crippen molar-refractivity contribution in [1.29, 1.82) is 0 Å². The van der Waals surface area contributed by atoms with Gasteiger partial charge in [-0.3, -0.25) is 4.21 Å². The fourth-order valence-electron chi connectivity index (χ4n) is 1.63. The topological polar surface area (TPSA) is 86.7 Å². The Kier molecular flexibility index (Phi) is 5.40. The zero-order chi connectivity index (χ0) is 12.8. The minimum absolute atomic E-state index is 0.373. The van der Waals surface area contributed by atoms with Crippen LogP contribution < -0.4 is 5.32 Å². The van der Waals surface area contributed by atoms with Gasteiger partial charge < -0.3 is 15.3 Å². The van der Waals surface area contributed by atoms with Crippen molar-refractivity contribution >= 4 is 22.8 Å². The summed E-state index contributed by atoms with van der Waals surface area (Å²) in [6, 6.07) is -1.21. The van der Waals surface area contributed by atoms with E-state index in [0.29, 0.717) is 37.4 Å². The lowest BCUT2D eigenvalue weighted by Gasteiger charge is -2.27. The van der Waals surface area contributed by atoms with E-state index in [1.807, 2.05) is 6.92 Å². The number of carbonyl (C=O) groups excluding carboxylic acids is 1. The average molecular weight is 262 g/mol. The summed E-state index contributed by atoms with van der Waals surface area (Å²) in [6.45, 7) is 2.72. The Morgan fingerprint density at radius 3 is 2.47 bits per heavy atom. The maximum Gasteiger partial charge on any atom is 0.326 e. The fraction of sp³-hybridized carbons (Fsp3) is 0.800. The van der Waals surface area contributed by atoms with Gasteiger partial charge in [0.05, 0.1) is 0 Å². The number of aliphatic carboxylic acids is 1. The van der Waals surface area contributed by atoms with Gasteiger partial charge in [-0.25, -0.2) is 9.59 Å². The van der Waals surface area contributed by atoms with Crippen LogP contribution in [0.1, 0.15) is 19.8 Å². The summed E-state index contributed by atoms with van der Waals surface area (Å²) in [4.78, 5) is 24.1. The molecule has 1 rings (SSSR count). The molecule has 17 heavy (non-hydrogen) atoms. The Balaban J connectivity index is 2.46. The predicted octanol–water partition coefficient (Wildman–Crippen LogP) is 0.0136. The van der Waals surface area contributed by atoms with Crippen molar-refractivity contribution in [2.45, 2.75) is 25.8 Å². The molecule has 0 radical (unpaired) electrons. The van der Waals surface area contributed by atoms with Crippen LogP contribution in [0.5, 0.6) is 0 Å². The van der Waals surface area contributed by atoms with Gasteiger partial charge in [-0.05, 0) is 6.42 Å². The van der Waals surface area contributed by atoms with Crippen molar-refractivity contribution in [2.75, 3.05) is 24.6 Å². The Hall–Kier alpha value is -1.11. The first-order valence-electron chi connectivity index (χ1n) is 5.67. The zero-order valence-electron chi connectivity index (χ0n) is 9.85. The lowest BCUT2D eigenvalue weighted by molar-refractivity contribution is -0.139. The highest BCUT2D eigenvalue weighted by molar-refractivity contribution is 7.85. The first-order valence-corrected chi connectivity index (χ1v) is 7.16. The fourth-order valence-corrected chi connectivity index (χ4v) is 2.68. The van der Waals surface area contributed by atoms with Gasteiger partial charge in [-0.15, -0.1) is 0 Å². The minimum Gasteiger partial charge on any atom is -0.480 e. The van der Waals surface area contributed by atoms with Gasteiger partial charge in [0, 0.05) is 35.4 Å². The molecular formula is C10H18N2O4S. The molecular weight excluding hydrogens is 244 g/mol. The SMILES string of the molecule is CCCC(NC(=O)N1CCS(=O)CC1)C(=O)O. The van der Waals surface area contributed by atoms with Gasteiger partial charge in [0.25, 0.3) is 0 Å². The van der Waals surface area contributed by atoms with Crippen LogP contribution in [0.2, 0.25) is 0 Å². The molecule has 0 spiro atoms. The molecule has 1 aliphatic rings. The van der Waals surface area contributed by atoms with E-state index in [4.69, 9.17) is 5.11 Å². The molecule has 1 saturated heterocycles. The van der Waals surface area contributed by atoms with Crippen LogP contribution in [0.25, 0.3) is 0 Å². The lowest BCUT2D eigenvalue weighted by Crippen LogP contribution is -2.51. The van der Waals surface area contributed by atoms with Crippen molar-refractivity contribution < 1.29 is 18.9 Å². The highest BCUT2D eigenvalue weighted by atomic mass is 32.2. The first-order chi connectivity index (χ1) is 8.04. The van der Waals surface area contributed by atoms with E-state index in [-0.39, 0.29) is 6.03 Å². The van der Waals surface area contributed by atoms with E-state index < -0.39 is 22.8 Å². The molecule has 1 unspecified atom stereocenters. The molecule has 0 saturated carbocycles. The van der Waals surface area contributed by atoms with Crippen molar-refractivity contribution in [1.82, 2.24) is 10.2 Å². The van der Waals surface area contributed by atoms with Crippen LogP contribution in [0.15, 0.2) is 0 Å². The van der Waals surface area contributed by atoms with Gasteiger partial charge in [0.1, 0.15) is 6.04 Å². The third-order valence-electron chi connectivity index (χ3n) is 2.64. The number of carboxylic acids is 1. The van der Waals surface area contributed by atoms with Crippen molar-refractivity contribution in [3.63, 3.8) is 0 Å². The predicted molar refractivity (Wildman–Crippen MR) is 64.3 cm³/mol. The molecule has 0 aromatic rings. The number of carbonyl (C=O) groups is 2. The van der Waals surface area contributed by atoms with Crippen LogP contribution in [0.3, 0.4) is 0 Å². The summed E-state index contributed by atoms with van der Waals surface area (Å²) in [6.07, 6.45) is 1.11. The summed E-state index contributed by atoms with van der Waals surface area (Å²) in [5, 5.41) is 11.4. The Morgan fingerprint density at radius 1 is 1.41 bits per heavy atom. The molecule has 0 bridgehead atoms. The Labute approximate surface area is 103 Å². The second-order valence-electron chi connectivity index (χ2n) is 3.96. The molecule has 7 heteroatoms. The highest BCUT2D eigenvalue weighted by Crippen LogP contribution is 2.03. The van der Waals surface area contributed by atoms with Crippen LogP contribution in [0, 0.1) is 0 Å². The summed E-state index contributed by atoms with van der Waals surface area (Å²) in [5.41, 5.74) is 0. The number of amides is 2. The van der Waals surface area contributed by atoms with E-state index in [9.17, 15) is 13.8 Å². The highest BCUT2D eigenvalue weighted by Gasteiger charge is 2.24. The molecule has 1 aliphatic heterocycles. The third-order valence-corrected chi connectivity index (χ3v) is 3.91. The van der Waals surface area contributed by atoms with Gasteiger partial charge in [0.2, 0.25) is 0 Å². The van der Waals surface area contributed by atoms with Gasteiger partial charge in [-0.2, -0.15) is 0 Å². The molecule has 2 N–H and O–H groups in total. The largest absolute Gasteiger partial charge is 0.480 e. The average Bonchev–Trinajstić information content (AvgIpc) is 2.29. The van der Waals surface area contributed by atoms with Crippen molar-refractivity contribution in [2.24, 2.45) is 0 Å². The maximum absolute atomic E-state index is 11.7. The van der Waals surface area contributed by atoms with Crippen LogP contribution in [0.4, 0.5) is 4.79 Å². The molecule has 98 valence electrons. The molecule has 1 fully saturated rings. The van der Waals surface area contributed by atoms with E-state index in [1.54, 1.807) is 0 Å². The maximum atomic E-state index is 11.7. The smallest absolute Gasteiger partial charge is 0.326 e. The van der Waals surface area contributed by atoms with Crippen LogP contribution in [-0.4, -0.2) is 56.9 Å². The number of urea groups is 1. The number of nitrogens with zero attached hydrogens (tertiary/aromatic N) is 1. The first kappa shape index (κ1) is 14.0.